The second kappa shape index (κ2) is 10.0. The van der Waals surface area contributed by atoms with Crippen molar-refractivity contribution >= 4 is 6.21 Å². The largest absolute Gasteiger partial charge is 0.624 e. The molecule has 0 aliphatic carbocycles. The molecule has 0 amide bonds. The molecule has 2 heteroatoms. The Bertz CT molecular complexity index is 162. The molecule has 0 aromatic heterocycles. The maximum atomic E-state index is 10.7. The van der Waals surface area contributed by atoms with Gasteiger partial charge in [-0.15, -0.1) is 0 Å². The zero-order valence-electron chi connectivity index (χ0n) is 10.7. The summed E-state index contributed by atoms with van der Waals surface area (Å²) < 4.78 is 0.923. The van der Waals surface area contributed by atoms with Gasteiger partial charge < -0.3 is 5.21 Å². The molecule has 0 N–H and O–H groups in total. The summed E-state index contributed by atoms with van der Waals surface area (Å²) in [5.41, 5.74) is 0. The van der Waals surface area contributed by atoms with Gasteiger partial charge in [-0.05, 0) is 6.42 Å². The summed E-state index contributed by atoms with van der Waals surface area (Å²) in [5.74, 6) is 0.433. The SMILES string of the molecule is CCCCCCCCCC(C)C=[N+](C)[O-]. The lowest BCUT2D eigenvalue weighted by molar-refractivity contribution is -0.419. The van der Waals surface area contributed by atoms with E-state index < -0.39 is 0 Å². The number of hydrogen-bond acceptors (Lipinski definition) is 1. The monoisotopic (exact) mass is 213 g/mol. The van der Waals surface area contributed by atoms with Crippen LogP contribution in [0, 0.1) is 11.1 Å². The minimum Gasteiger partial charge on any atom is -0.624 e. The topological polar surface area (TPSA) is 26.1 Å². The lowest BCUT2D eigenvalue weighted by atomic mass is 10.0. The van der Waals surface area contributed by atoms with Gasteiger partial charge in [0.05, 0.1) is 0 Å². The second-order valence-electron chi connectivity index (χ2n) is 4.58. The van der Waals surface area contributed by atoms with E-state index in [1.165, 1.54) is 44.9 Å². The molecule has 0 fully saturated rings. The van der Waals surface area contributed by atoms with Crippen LogP contribution in [0.5, 0.6) is 0 Å². The Balaban J connectivity index is 3.20. The molecule has 0 aliphatic rings. The first-order valence-corrected chi connectivity index (χ1v) is 6.41. The maximum absolute atomic E-state index is 10.7. The van der Waals surface area contributed by atoms with Crippen LogP contribution in [-0.4, -0.2) is 18.0 Å². The van der Waals surface area contributed by atoms with E-state index in [4.69, 9.17) is 0 Å². The number of rotatable bonds is 9. The molecule has 0 heterocycles. The van der Waals surface area contributed by atoms with Gasteiger partial charge in [-0.2, -0.15) is 0 Å². The fourth-order valence-electron chi connectivity index (χ4n) is 1.86. The van der Waals surface area contributed by atoms with Gasteiger partial charge in [-0.3, -0.25) is 0 Å². The first kappa shape index (κ1) is 14.5. The van der Waals surface area contributed by atoms with Gasteiger partial charge in [-0.25, -0.2) is 4.74 Å². The van der Waals surface area contributed by atoms with Crippen molar-refractivity contribution < 1.29 is 4.74 Å². The minimum atomic E-state index is 0.433. The van der Waals surface area contributed by atoms with Crippen molar-refractivity contribution in [1.29, 1.82) is 0 Å². The summed E-state index contributed by atoms with van der Waals surface area (Å²) in [6.45, 7) is 4.36. The zero-order chi connectivity index (χ0) is 11.5. The Labute approximate surface area is 95.0 Å². The minimum absolute atomic E-state index is 0.433. The quantitative estimate of drug-likeness (QED) is 0.187. The van der Waals surface area contributed by atoms with Crippen molar-refractivity contribution in [2.24, 2.45) is 5.92 Å². The molecular weight excluding hydrogens is 186 g/mol. The molecule has 1 atom stereocenters. The predicted octanol–water partition coefficient (Wildman–Crippen LogP) is 3.97. The number of nitrogens with zero attached hydrogens (tertiary/aromatic N) is 1. The molecule has 0 aliphatic heterocycles. The van der Waals surface area contributed by atoms with Gasteiger partial charge >= 0.3 is 0 Å². The van der Waals surface area contributed by atoms with Gasteiger partial charge in [0.2, 0.25) is 0 Å². The highest BCUT2D eigenvalue weighted by atomic mass is 16.5. The van der Waals surface area contributed by atoms with Crippen molar-refractivity contribution in [2.45, 2.75) is 65.2 Å². The maximum Gasteiger partial charge on any atom is 0.153 e. The molecule has 2 nitrogen and oxygen atoms in total. The molecule has 1 unspecified atom stereocenters. The van der Waals surface area contributed by atoms with E-state index in [0.29, 0.717) is 5.92 Å². The average Bonchev–Trinajstić information content (AvgIpc) is 2.15. The lowest BCUT2D eigenvalue weighted by Gasteiger charge is -2.05. The summed E-state index contributed by atoms with van der Waals surface area (Å²) in [4.78, 5) is 0. The van der Waals surface area contributed by atoms with E-state index in [0.717, 1.165) is 11.2 Å². The van der Waals surface area contributed by atoms with E-state index in [2.05, 4.69) is 13.8 Å². The third-order valence-corrected chi connectivity index (χ3v) is 2.73. The van der Waals surface area contributed by atoms with Crippen LogP contribution in [0.3, 0.4) is 0 Å². The van der Waals surface area contributed by atoms with Crippen LogP contribution >= 0.6 is 0 Å². The van der Waals surface area contributed by atoms with E-state index in [9.17, 15) is 5.21 Å². The fourth-order valence-corrected chi connectivity index (χ4v) is 1.86. The Kier molecular flexibility index (Phi) is 9.65. The number of hydrogen-bond donors (Lipinski definition) is 0. The highest BCUT2D eigenvalue weighted by Gasteiger charge is 2.01. The van der Waals surface area contributed by atoms with Crippen LogP contribution in [0.25, 0.3) is 0 Å². The standard InChI is InChI=1S/C13H27NO/c1-4-5-6-7-8-9-10-11-13(2)12-14(3)15/h12-13H,4-11H2,1-3H3. The van der Waals surface area contributed by atoms with Crippen LogP contribution in [0.2, 0.25) is 0 Å². The Morgan fingerprint density at radius 3 is 2.13 bits per heavy atom. The zero-order valence-corrected chi connectivity index (χ0v) is 10.7. The molecule has 90 valence electrons. The van der Waals surface area contributed by atoms with Crippen molar-refractivity contribution in [3.8, 4) is 0 Å². The molecule has 0 bridgehead atoms. The molecule has 15 heavy (non-hydrogen) atoms. The van der Waals surface area contributed by atoms with Gasteiger partial charge in [0, 0.05) is 5.92 Å². The molecule has 0 spiro atoms. The van der Waals surface area contributed by atoms with Crippen molar-refractivity contribution in [2.75, 3.05) is 7.05 Å². The van der Waals surface area contributed by atoms with E-state index in [1.807, 2.05) is 0 Å². The van der Waals surface area contributed by atoms with Gasteiger partial charge in [0.15, 0.2) is 6.21 Å². The Morgan fingerprint density at radius 2 is 1.60 bits per heavy atom. The number of unbranched alkanes of at least 4 members (excludes halogenated alkanes) is 6. The summed E-state index contributed by atoms with van der Waals surface area (Å²) in [7, 11) is 1.56. The van der Waals surface area contributed by atoms with Crippen LogP contribution in [-0.2, 0) is 0 Å². The number of hydroxylamine groups is 1. The smallest absolute Gasteiger partial charge is 0.153 e. The van der Waals surface area contributed by atoms with Crippen molar-refractivity contribution in [3.63, 3.8) is 0 Å². The second-order valence-corrected chi connectivity index (χ2v) is 4.58. The normalized spacial score (nSPS) is 14.2. The molecule has 0 aromatic rings. The van der Waals surface area contributed by atoms with Crippen LogP contribution in [0.1, 0.15) is 65.2 Å². The summed E-state index contributed by atoms with van der Waals surface area (Å²) in [6.07, 6.45) is 12.3. The van der Waals surface area contributed by atoms with Crippen molar-refractivity contribution in [3.05, 3.63) is 5.21 Å². The van der Waals surface area contributed by atoms with Crippen LogP contribution in [0.4, 0.5) is 0 Å². The Hall–Kier alpha value is -0.530. The molecule has 0 radical (unpaired) electrons. The van der Waals surface area contributed by atoms with Gasteiger partial charge in [0.25, 0.3) is 0 Å². The summed E-state index contributed by atoms with van der Waals surface area (Å²) >= 11 is 0. The molecule has 0 saturated heterocycles. The third kappa shape index (κ3) is 11.4. The fraction of sp³-hybridized carbons (Fsp3) is 0.923. The van der Waals surface area contributed by atoms with E-state index >= 15 is 0 Å². The molecule has 0 aromatic carbocycles. The predicted molar refractivity (Wildman–Crippen MR) is 67.4 cm³/mol. The highest BCUT2D eigenvalue weighted by molar-refractivity contribution is 5.54. The summed E-state index contributed by atoms with van der Waals surface area (Å²) in [5, 5.41) is 10.7. The average molecular weight is 213 g/mol. The van der Waals surface area contributed by atoms with Gasteiger partial charge in [0.1, 0.15) is 7.05 Å². The molecular formula is C13H27NO. The van der Waals surface area contributed by atoms with Crippen LogP contribution in [0.15, 0.2) is 0 Å². The van der Waals surface area contributed by atoms with Gasteiger partial charge in [-0.1, -0.05) is 58.8 Å². The first-order chi connectivity index (χ1) is 7.16. The summed E-state index contributed by atoms with van der Waals surface area (Å²) in [6, 6.07) is 0. The molecule has 0 rings (SSSR count). The van der Waals surface area contributed by atoms with Crippen LogP contribution < -0.4 is 0 Å². The van der Waals surface area contributed by atoms with Crippen molar-refractivity contribution in [1.82, 2.24) is 0 Å². The first-order valence-electron chi connectivity index (χ1n) is 6.41. The lowest BCUT2D eigenvalue weighted by Crippen LogP contribution is -2.05. The highest BCUT2D eigenvalue weighted by Crippen LogP contribution is 2.11. The van der Waals surface area contributed by atoms with E-state index in [-0.39, 0.29) is 0 Å². The Morgan fingerprint density at radius 1 is 1.07 bits per heavy atom. The molecule has 0 saturated carbocycles. The third-order valence-electron chi connectivity index (χ3n) is 2.73. The van der Waals surface area contributed by atoms with E-state index in [1.54, 1.807) is 13.3 Å².